The van der Waals surface area contributed by atoms with Gasteiger partial charge in [-0.3, -0.25) is 4.79 Å². The van der Waals surface area contributed by atoms with E-state index in [0.29, 0.717) is 6.04 Å². The van der Waals surface area contributed by atoms with Crippen LogP contribution in [-0.2, 0) is 4.79 Å². The molecule has 1 aliphatic rings. The number of amides is 1. The Labute approximate surface area is 137 Å². The molecule has 0 saturated carbocycles. The lowest BCUT2D eigenvalue weighted by molar-refractivity contribution is -0.134. The zero-order valence-corrected chi connectivity index (χ0v) is 13.9. The van der Waals surface area contributed by atoms with Crippen LogP contribution in [0.1, 0.15) is 12.8 Å². The smallest absolute Gasteiger partial charge is 0.260 e. The summed E-state index contributed by atoms with van der Waals surface area (Å²) in [7, 11) is 4.02. The minimum Gasteiger partial charge on any atom is -0.484 e. The molecule has 4 heteroatoms. The van der Waals surface area contributed by atoms with Gasteiger partial charge in [0.15, 0.2) is 6.61 Å². The van der Waals surface area contributed by atoms with Crippen molar-refractivity contribution in [2.75, 3.05) is 33.8 Å². The van der Waals surface area contributed by atoms with E-state index in [1.807, 2.05) is 42.3 Å². The third-order valence-corrected chi connectivity index (χ3v) is 4.71. The standard InChI is InChI=1S/C19H24N2O2/c1-20-11-9-17(10-12-20)21(2)19(22)14-23-18-8-7-15-5-3-4-6-16(15)13-18/h3-8,13,17H,9-12,14H2,1-2H3. The van der Waals surface area contributed by atoms with E-state index in [1.54, 1.807) is 0 Å². The molecular weight excluding hydrogens is 288 g/mol. The number of ether oxygens (including phenoxy) is 1. The minimum absolute atomic E-state index is 0.0488. The number of rotatable bonds is 4. The Morgan fingerprint density at radius 3 is 2.61 bits per heavy atom. The zero-order chi connectivity index (χ0) is 16.2. The van der Waals surface area contributed by atoms with E-state index < -0.39 is 0 Å². The third-order valence-electron chi connectivity index (χ3n) is 4.71. The maximum Gasteiger partial charge on any atom is 0.260 e. The quantitative estimate of drug-likeness (QED) is 0.870. The molecule has 23 heavy (non-hydrogen) atoms. The second-order valence-corrected chi connectivity index (χ2v) is 6.34. The van der Waals surface area contributed by atoms with E-state index in [2.05, 4.69) is 24.1 Å². The molecule has 0 unspecified atom stereocenters. The normalized spacial score (nSPS) is 16.4. The van der Waals surface area contributed by atoms with Gasteiger partial charge >= 0.3 is 0 Å². The first-order valence-electron chi connectivity index (χ1n) is 8.19. The van der Waals surface area contributed by atoms with Gasteiger partial charge in [0.05, 0.1) is 0 Å². The number of likely N-dealkylation sites (N-methyl/N-ethyl adjacent to an activating group) is 1. The van der Waals surface area contributed by atoms with Crippen LogP contribution in [0.2, 0.25) is 0 Å². The van der Waals surface area contributed by atoms with Crippen LogP contribution in [-0.4, -0.2) is 55.5 Å². The molecule has 2 aromatic rings. The summed E-state index contributed by atoms with van der Waals surface area (Å²) in [6, 6.07) is 14.4. The van der Waals surface area contributed by atoms with Gasteiger partial charge in [0.1, 0.15) is 5.75 Å². The first-order chi connectivity index (χ1) is 11.1. The van der Waals surface area contributed by atoms with Gasteiger partial charge < -0.3 is 14.5 Å². The highest BCUT2D eigenvalue weighted by Gasteiger charge is 2.24. The predicted octanol–water partition coefficient (Wildman–Crippen LogP) is 2.77. The van der Waals surface area contributed by atoms with E-state index in [0.717, 1.165) is 37.1 Å². The maximum atomic E-state index is 12.3. The van der Waals surface area contributed by atoms with Gasteiger partial charge in [-0.25, -0.2) is 0 Å². The second-order valence-electron chi connectivity index (χ2n) is 6.34. The molecule has 1 heterocycles. The third kappa shape index (κ3) is 3.82. The molecule has 0 aromatic heterocycles. The largest absolute Gasteiger partial charge is 0.484 e. The van der Waals surface area contributed by atoms with Crippen LogP contribution < -0.4 is 4.74 Å². The van der Waals surface area contributed by atoms with Gasteiger partial charge in [-0.1, -0.05) is 30.3 Å². The minimum atomic E-state index is 0.0488. The summed E-state index contributed by atoms with van der Waals surface area (Å²) >= 11 is 0. The Kier molecular flexibility index (Phi) is 4.82. The Morgan fingerprint density at radius 1 is 1.17 bits per heavy atom. The van der Waals surface area contributed by atoms with Crippen molar-refractivity contribution in [2.45, 2.75) is 18.9 Å². The van der Waals surface area contributed by atoms with Crippen LogP contribution in [0.3, 0.4) is 0 Å². The fourth-order valence-electron chi connectivity index (χ4n) is 3.09. The Balaban J connectivity index is 1.57. The number of nitrogens with zero attached hydrogens (tertiary/aromatic N) is 2. The first kappa shape index (κ1) is 15.8. The summed E-state index contributed by atoms with van der Waals surface area (Å²) in [4.78, 5) is 16.5. The summed E-state index contributed by atoms with van der Waals surface area (Å²) in [6.07, 6.45) is 2.07. The number of carbonyl (C=O) groups is 1. The molecule has 0 bridgehead atoms. The van der Waals surface area contributed by atoms with Crippen molar-refractivity contribution in [3.05, 3.63) is 42.5 Å². The lowest BCUT2D eigenvalue weighted by Gasteiger charge is -2.35. The topological polar surface area (TPSA) is 32.8 Å². The van der Waals surface area contributed by atoms with Crippen LogP contribution in [0.4, 0.5) is 0 Å². The summed E-state index contributed by atoms with van der Waals surface area (Å²) in [5.41, 5.74) is 0. The van der Waals surface area contributed by atoms with Crippen LogP contribution in [0, 0.1) is 0 Å². The lowest BCUT2D eigenvalue weighted by atomic mass is 10.0. The van der Waals surface area contributed by atoms with E-state index in [1.165, 1.54) is 5.39 Å². The Hall–Kier alpha value is -2.07. The summed E-state index contributed by atoms with van der Waals surface area (Å²) in [6.45, 7) is 2.20. The molecule has 3 rings (SSSR count). The van der Waals surface area contributed by atoms with Crippen molar-refractivity contribution in [1.82, 2.24) is 9.80 Å². The van der Waals surface area contributed by atoms with Crippen LogP contribution in [0.5, 0.6) is 5.75 Å². The molecule has 4 nitrogen and oxygen atoms in total. The van der Waals surface area contributed by atoms with Gasteiger partial charge in [-0.2, -0.15) is 0 Å². The van der Waals surface area contributed by atoms with Crippen molar-refractivity contribution in [2.24, 2.45) is 0 Å². The lowest BCUT2D eigenvalue weighted by Crippen LogP contribution is -2.45. The van der Waals surface area contributed by atoms with Gasteiger partial charge in [-0.05, 0) is 55.9 Å². The fourth-order valence-corrected chi connectivity index (χ4v) is 3.09. The summed E-state index contributed by atoms with van der Waals surface area (Å²) < 4.78 is 5.71. The molecule has 0 aliphatic carbocycles. The van der Waals surface area contributed by atoms with Crippen molar-refractivity contribution < 1.29 is 9.53 Å². The molecule has 1 saturated heterocycles. The molecule has 1 aliphatic heterocycles. The van der Waals surface area contributed by atoms with E-state index in [-0.39, 0.29) is 12.5 Å². The van der Waals surface area contributed by atoms with Gasteiger partial charge in [0.2, 0.25) is 0 Å². The second kappa shape index (κ2) is 7.01. The highest BCUT2D eigenvalue weighted by atomic mass is 16.5. The van der Waals surface area contributed by atoms with E-state index >= 15 is 0 Å². The van der Waals surface area contributed by atoms with Gasteiger partial charge in [0.25, 0.3) is 5.91 Å². The molecule has 2 aromatic carbocycles. The first-order valence-corrected chi connectivity index (χ1v) is 8.19. The number of benzene rings is 2. The number of hydrogen-bond donors (Lipinski definition) is 0. The molecular formula is C19H24N2O2. The number of carbonyl (C=O) groups excluding carboxylic acids is 1. The molecule has 0 N–H and O–H groups in total. The predicted molar refractivity (Wildman–Crippen MR) is 92.7 cm³/mol. The molecule has 0 spiro atoms. The molecule has 0 radical (unpaired) electrons. The van der Waals surface area contributed by atoms with E-state index in [9.17, 15) is 4.79 Å². The maximum absolute atomic E-state index is 12.3. The number of fused-ring (bicyclic) bond motifs is 1. The highest BCUT2D eigenvalue weighted by molar-refractivity contribution is 5.84. The Bertz CT molecular complexity index is 678. The number of hydrogen-bond acceptors (Lipinski definition) is 3. The molecule has 0 atom stereocenters. The van der Waals surface area contributed by atoms with Crippen molar-refractivity contribution in [3.8, 4) is 5.75 Å². The highest BCUT2D eigenvalue weighted by Crippen LogP contribution is 2.21. The zero-order valence-electron chi connectivity index (χ0n) is 13.9. The molecule has 122 valence electrons. The van der Waals surface area contributed by atoms with Crippen LogP contribution >= 0.6 is 0 Å². The van der Waals surface area contributed by atoms with Gasteiger partial charge in [-0.15, -0.1) is 0 Å². The van der Waals surface area contributed by atoms with Crippen molar-refractivity contribution in [1.29, 1.82) is 0 Å². The monoisotopic (exact) mass is 312 g/mol. The summed E-state index contributed by atoms with van der Waals surface area (Å²) in [5, 5.41) is 2.30. The van der Waals surface area contributed by atoms with Crippen LogP contribution in [0.15, 0.2) is 42.5 Å². The van der Waals surface area contributed by atoms with E-state index in [4.69, 9.17) is 4.74 Å². The van der Waals surface area contributed by atoms with Crippen molar-refractivity contribution in [3.63, 3.8) is 0 Å². The fraction of sp³-hybridized carbons (Fsp3) is 0.421. The molecule has 1 fully saturated rings. The van der Waals surface area contributed by atoms with Crippen LogP contribution in [0.25, 0.3) is 10.8 Å². The van der Waals surface area contributed by atoms with Crippen molar-refractivity contribution >= 4 is 16.7 Å². The average molecular weight is 312 g/mol. The Morgan fingerprint density at radius 2 is 1.87 bits per heavy atom. The van der Waals surface area contributed by atoms with Gasteiger partial charge in [0, 0.05) is 13.1 Å². The molecule has 1 amide bonds. The SMILES string of the molecule is CN1CCC(N(C)C(=O)COc2ccc3ccccc3c2)CC1. The average Bonchev–Trinajstić information content (AvgIpc) is 2.59. The number of likely N-dealkylation sites (tertiary alicyclic amines) is 1. The summed E-state index contributed by atoms with van der Waals surface area (Å²) in [5.74, 6) is 0.793. The number of piperidine rings is 1.